The molecule has 1 aromatic heterocycles. The largest absolute Gasteiger partial charge is 0.141 e. The first-order valence-corrected chi connectivity index (χ1v) is 6.97. The maximum atomic E-state index is 5.94. The van der Waals surface area contributed by atoms with Crippen LogP contribution in [-0.2, 0) is 5.75 Å². The average molecular weight is 271 g/mol. The van der Waals surface area contributed by atoms with Crippen LogP contribution in [-0.4, -0.2) is 9.59 Å². The molecule has 0 N–H and O–H groups in total. The highest BCUT2D eigenvalue weighted by Crippen LogP contribution is 2.28. The third kappa shape index (κ3) is 2.75. The number of nitrogens with zero attached hydrogens (tertiary/aromatic N) is 2. The maximum Gasteiger partial charge on any atom is 0.138 e. The van der Waals surface area contributed by atoms with Gasteiger partial charge in [0.25, 0.3) is 0 Å². The third-order valence-electron chi connectivity index (χ3n) is 2.36. The van der Waals surface area contributed by atoms with Crippen LogP contribution in [0.5, 0.6) is 0 Å². The molecule has 0 saturated heterocycles. The lowest BCUT2D eigenvalue weighted by atomic mass is 10.1. The fourth-order valence-electron chi connectivity index (χ4n) is 1.24. The molecule has 5 heteroatoms. The van der Waals surface area contributed by atoms with E-state index < -0.39 is 0 Å². The second kappa shape index (κ2) is 5.17. The predicted octanol–water partition coefficient (Wildman–Crippen LogP) is 4.10. The molecule has 1 aromatic carbocycles. The van der Waals surface area contributed by atoms with Crippen molar-refractivity contribution < 1.29 is 0 Å². The van der Waals surface area contributed by atoms with E-state index in [1.807, 2.05) is 0 Å². The Balaban J connectivity index is 2.05. The van der Waals surface area contributed by atoms with Gasteiger partial charge in [0.1, 0.15) is 10.0 Å². The SMILES string of the molecule is Cc1ccc(SCc2nnsc2Cl)cc1C. The lowest BCUT2D eigenvalue weighted by Crippen LogP contribution is -1.84. The van der Waals surface area contributed by atoms with E-state index in [1.165, 1.54) is 27.6 Å². The lowest BCUT2D eigenvalue weighted by Gasteiger charge is -2.03. The van der Waals surface area contributed by atoms with E-state index >= 15 is 0 Å². The molecule has 2 aromatic rings. The molecule has 16 heavy (non-hydrogen) atoms. The number of hydrogen-bond donors (Lipinski definition) is 0. The molecule has 2 rings (SSSR count). The van der Waals surface area contributed by atoms with Gasteiger partial charge < -0.3 is 0 Å². The summed E-state index contributed by atoms with van der Waals surface area (Å²) < 4.78 is 4.50. The Morgan fingerprint density at radius 1 is 1.31 bits per heavy atom. The Labute approximate surface area is 108 Å². The minimum Gasteiger partial charge on any atom is -0.141 e. The molecule has 0 bridgehead atoms. The fourth-order valence-corrected chi connectivity index (χ4v) is 2.97. The molecule has 0 aliphatic heterocycles. The molecule has 0 atom stereocenters. The van der Waals surface area contributed by atoms with Crippen molar-refractivity contribution in [3.05, 3.63) is 39.4 Å². The number of aromatic nitrogens is 2. The predicted molar refractivity (Wildman–Crippen MR) is 70.4 cm³/mol. The van der Waals surface area contributed by atoms with E-state index in [1.54, 1.807) is 11.8 Å². The van der Waals surface area contributed by atoms with Gasteiger partial charge in [-0.05, 0) is 37.1 Å². The zero-order valence-corrected chi connectivity index (χ0v) is 11.4. The molecule has 0 amide bonds. The molecular formula is C11H11ClN2S2. The van der Waals surface area contributed by atoms with Crippen LogP contribution in [0.3, 0.4) is 0 Å². The van der Waals surface area contributed by atoms with Gasteiger partial charge in [-0.3, -0.25) is 0 Å². The van der Waals surface area contributed by atoms with Crippen molar-refractivity contribution in [1.82, 2.24) is 9.59 Å². The lowest BCUT2D eigenvalue weighted by molar-refractivity contribution is 1.07. The first-order chi connectivity index (χ1) is 7.66. The molecule has 0 saturated carbocycles. The van der Waals surface area contributed by atoms with Crippen molar-refractivity contribution in [2.24, 2.45) is 0 Å². The number of halogens is 1. The molecule has 0 aliphatic rings. The molecule has 0 radical (unpaired) electrons. The molecular weight excluding hydrogens is 260 g/mol. The van der Waals surface area contributed by atoms with Gasteiger partial charge in [0, 0.05) is 22.2 Å². The molecule has 2 nitrogen and oxygen atoms in total. The van der Waals surface area contributed by atoms with E-state index in [-0.39, 0.29) is 0 Å². The number of benzene rings is 1. The minimum absolute atomic E-state index is 0.691. The highest BCUT2D eigenvalue weighted by atomic mass is 35.5. The van der Waals surface area contributed by atoms with Crippen LogP contribution in [0, 0.1) is 13.8 Å². The van der Waals surface area contributed by atoms with Gasteiger partial charge in [0.15, 0.2) is 0 Å². The van der Waals surface area contributed by atoms with Crippen LogP contribution in [0.15, 0.2) is 23.1 Å². The Hall–Kier alpha value is -0.580. The van der Waals surface area contributed by atoms with Crippen LogP contribution in [0.25, 0.3) is 0 Å². The van der Waals surface area contributed by atoms with Gasteiger partial charge >= 0.3 is 0 Å². The van der Waals surface area contributed by atoms with Gasteiger partial charge in [-0.2, -0.15) is 0 Å². The second-order valence-corrected chi connectivity index (χ2v) is 5.93. The summed E-state index contributed by atoms with van der Waals surface area (Å²) >= 11 is 8.91. The Kier molecular flexibility index (Phi) is 3.84. The molecule has 0 spiro atoms. The first-order valence-electron chi connectivity index (χ1n) is 4.83. The summed E-state index contributed by atoms with van der Waals surface area (Å²) in [5.41, 5.74) is 3.50. The van der Waals surface area contributed by atoms with Crippen LogP contribution in [0.2, 0.25) is 4.34 Å². The summed E-state index contributed by atoms with van der Waals surface area (Å²) in [5, 5.41) is 3.99. The second-order valence-electron chi connectivity index (χ2n) is 3.53. The van der Waals surface area contributed by atoms with E-state index in [0.717, 1.165) is 11.4 Å². The summed E-state index contributed by atoms with van der Waals surface area (Å²) in [4.78, 5) is 1.24. The number of rotatable bonds is 3. The van der Waals surface area contributed by atoms with Crippen molar-refractivity contribution in [3.63, 3.8) is 0 Å². The van der Waals surface area contributed by atoms with Crippen molar-refractivity contribution >= 4 is 34.9 Å². The van der Waals surface area contributed by atoms with Crippen molar-refractivity contribution in [2.45, 2.75) is 24.5 Å². The van der Waals surface area contributed by atoms with E-state index in [2.05, 4.69) is 41.6 Å². The summed E-state index contributed by atoms with van der Waals surface area (Å²) in [5.74, 6) is 0.776. The molecule has 0 unspecified atom stereocenters. The van der Waals surface area contributed by atoms with Crippen molar-refractivity contribution in [2.75, 3.05) is 0 Å². The summed E-state index contributed by atoms with van der Waals surface area (Å²) in [7, 11) is 0. The number of aryl methyl sites for hydroxylation is 2. The Morgan fingerprint density at radius 3 is 2.75 bits per heavy atom. The summed E-state index contributed by atoms with van der Waals surface area (Å²) in [6.45, 7) is 4.24. The molecule has 0 aliphatic carbocycles. The first kappa shape index (κ1) is 11.9. The summed E-state index contributed by atoms with van der Waals surface area (Å²) in [6.07, 6.45) is 0. The Bertz CT molecular complexity index is 496. The van der Waals surface area contributed by atoms with Gasteiger partial charge in [0.05, 0.1) is 0 Å². The van der Waals surface area contributed by atoms with E-state index in [4.69, 9.17) is 11.6 Å². The van der Waals surface area contributed by atoms with Crippen LogP contribution < -0.4 is 0 Å². The van der Waals surface area contributed by atoms with Crippen LogP contribution in [0.1, 0.15) is 16.8 Å². The quantitative estimate of drug-likeness (QED) is 0.786. The maximum absolute atomic E-state index is 5.94. The average Bonchev–Trinajstić information content (AvgIpc) is 2.66. The van der Waals surface area contributed by atoms with Crippen molar-refractivity contribution in [1.29, 1.82) is 0 Å². The molecule has 84 valence electrons. The van der Waals surface area contributed by atoms with Crippen molar-refractivity contribution in [3.8, 4) is 0 Å². The van der Waals surface area contributed by atoms with Gasteiger partial charge in [-0.1, -0.05) is 22.2 Å². The van der Waals surface area contributed by atoms with E-state index in [9.17, 15) is 0 Å². The molecule has 0 fully saturated rings. The highest BCUT2D eigenvalue weighted by Gasteiger charge is 2.06. The van der Waals surface area contributed by atoms with Gasteiger partial charge in [-0.25, -0.2) is 0 Å². The fraction of sp³-hybridized carbons (Fsp3) is 0.273. The number of thioether (sulfide) groups is 1. The standard InChI is InChI=1S/C11H11ClN2S2/c1-7-3-4-9(5-8(7)2)15-6-10-11(12)16-14-13-10/h3-5H,6H2,1-2H3. The zero-order valence-electron chi connectivity index (χ0n) is 9.03. The zero-order chi connectivity index (χ0) is 11.5. The minimum atomic E-state index is 0.691. The normalized spacial score (nSPS) is 10.7. The van der Waals surface area contributed by atoms with Crippen LogP contribution in [0.4, 0.5) is 0 Å². The van der Waals surface area contributed by atoms with Gasteiger partial charge in [0.2, 0.25) is 0 Å². The van der Waals surface area contributed by atoms with Gasteiger partial charge in [-0.15, -0.1) is 16.9 Å². The highest BCUT2D eigenvalue weighted by molar-refractivity contribution is 7.98. The smallest absolute Gasteiger partial charge is 0.138 e. The monoisotopic (exact) mass is 270 g/mol. The van der Waals surface area contributed by atoms with E-state index in [0.29, 0.717) is 4.34 Å². The summed E-state index contributed by atoms with van der Waals surface area (Å²) in [6, 6.07) is 6.45. The Morgan fingerprint density at radius 2 is 2.12 bits per heavy atom. The number of hydrogen-bond acceptors (Lipinski definition) is 4. The van der Waals surface area contributed by atoms with Crippen LogP contribution >= 0.6 is 34.9 Å². The topological polar surface area (TPSA) is 25.8 Å². The third-order valence-corrected chi connectivity index (χ3v) is 4.35. The molecule has 1 heterocycles.